The predicted octanol–water partition coefficient (Wildman–Crippen LogP) is 3.69. The smallest absolute Gasteiger partial charge is 0.246 e. The third-order valence-corrected chi connectivity index (χ3v) is 4.72. The van der Waals surface area contributed by atoms with E-state index in [4.69, 9.17) is 5.26 Å². The van der Waals surface area contributed by atoms with Crippen LogP contribution in [0.15, 0.2) is 60.7 Å². The molecular weight excluding hydrogens is 324 g/mol. The maximum absolute atomic E-state index is 12.5. The second-order valence-corrected chi connectivity index (χ2v) is 6.36. The van der Waals surface area contributed by atoms with E-state index in [2.05, 4.69) is 6.07 Å². The zero-order chi connectivity index (χ0) is 18.4. The molecular formula is C22H20N2O2. The van der Waals surface area contributed by atoms with Gasteiger partial charge in [-0.1, -0.05) is 48.5 Å². The Kier molecular flexibility index (Phi) is 5.60. The maximum atomic E-state index is 12.5. The highest BCUT2D eigenvalue weighted by Gasteiger charge is 2.27. The fraction of sp³-hybridized carbons (Fsp3) is 0.227. The summed E-state index contributed by atoms with van der Waals surface area (Å²) >= 11 is 0. The van der Waals surface area contributed by atoms with Gasteiger partial charge in [-0.3, -0.25) is 9.59 Å². The van der Waals surface area contributed by atoms with Gasteiger partial charge in [0.25, 0.3) is 0 Å². The summed E-state index contributed by atoms with van der Waals surface area (Å²) in [5.74, 6) is 0.0595. The van der Waals surface area contributed by atoms with Gasteiger partial charge in [0.1, 0.15) is 0 Å². The highest BCUT2D eigenvalue weighted by molar-refractivity contribution is 5.98. The van der Waals surface area contributed by atoms with Crippen molar-refractivity contribution in [2.75, 3.05) is 13.1 Å². The van der Waals surface area contributed by atoms with Crippen LogP contribution in [0.4, 0.5) is 0 Å². The van der Waals surface area contributed by atoms with Gasteiger partial charge in [0, 0.05) is 30.6 Å². The summed E-state index contributed by atoms with van der Waals surface area (Å²) in [4.78, 5) is 26.7. The van der Waals surface area contributed by atoms with Crippen LogP contribution >= 0.6 is 0 Å². The van der Waals surface area contributed by atoms with Crippen LogP contribution in [0.5, 0.6) is 0 Å². The summed E-state index contributed by atoms with van der Waals surface area (Å²) in [5, 5.41) is 9.10. The molecule has 1 fully saturated rings. The van der Waals surface area contributed by atoms with Gasteiger partial charge in [-0.05, 0) is 30.5 Å². The molecule has 1 amide bonds. The number of benzene rings is 2. The van der Waals surface area contributed by atoms with Crippen LogP contribution in [0.2, 0.25) is 0 Å². The highest BCUT2D eigenvalue weighted by atomic mass is 16.2. The molecule has 0 radical (unpaired) electrons. The van der Waals surface area contributed by atoms with Gasteiger partial charge < -0.3 is 4.90 Å². The van der Waals surface area contributed by atoms with Crippen LogP contribution in [-0.4, -0.2) is 29.7 Å². The number of hydrogen-bond donors (Lipinski definition) is 0. The molecule has 0 spiro atoms. The summed E-state index contributed by atoms with van der Waals surface area (Å²) in [7, 11) is 0. The number of amides is 1. The molecule has 0 unspecified atom stereocenters. The predicted molar refractivity (Wildman–Crippen MR) is 100 cm³/mol. The van der Waals surface area contributed by atoms with Crippen molar-refractivity contribution in [3.8, 4) is 6.07 Å². The van der Waals surface area contributed by atoms with Gasteiger partial charge in [0.2, 0.25) is 5.91 Å². The van der Waals surface area contributed by atoms with Crippen molar-refractivity contribution in [1.82, 2.24) is 4.90 Å². The average molecular weight is 344 g/mol. The van der Waals surface area contributed by atoms with E-state index in [1.807, 2.05) is 42.5 Å². The first-order valence-corrected chi connectivity index (χ1v) is 8.74. The fourth-order valence-corrected chi connectivity index (χ4v) is 3.21. The minimum atomic E-state index is -0.0802. The number of carbonyl (C=O) groups is 2. The first kappa shape index (κ1) is 17.6. The van der Waals surface area contributed by atoms with Crippen LogP contribution in [0.1, 0.15) is 34.3 Å². The van der Waals surface area contributed by atoms with Crippen LogP contribution in [0.25, 0.3) is 6.08 Å². The van der Waals surface area contributed by atoms with E-state index >= 15 is 0 Å². The molecule has 0 aromatic heterocycles. The molecule has 0 saturated carbocycles. The number of Topliss-reactive ketones (excluding diaryl/α,β-unsaturated/α-hetero) is 1. The number of nitriles is 1. The summed E-state index contributed by atoms with van der Waals surface area (Å²) < 4.78 is 0. The quantitative estimate of drug-likeness (QED) is 0.628. The van der Waals surface area contributed by atoms with Crippen LogP contribution < -0.4 is 0 Å². The van der Waals surface area contributed by atoms with E-state index < -0.39 is 0 Å². The Morgan fingerprint density at radius 1 is 1.00 bits per heavy atom. The molecule has 1 aliphatic heterocycles. The average Bonchev–Trinajstić information content (AvgIpc) is 2.72. The number of rotatable bonds is 4. The van der Waals surface area contributed by atoms with E-state index in [0.717, 1.165) is 11.1 Å². The first-order valence-electron chi connectivity index (χ1n) is 8.74. The molecule has 1 heterocycles. The van der Waals surface area contributed by atoms with Crippen molar-refractivity contribution in [2.24, 2.45) is 5.92 Å². The molecule has 130 valence electrons. The maximum Gasteiger partial charge on any atom is 0.246 e. The van der Waals surface area contributed by atoms with Gasteiger partial charge in [0.05, 0.1) is 11.6 Å². The monoisotopic (exact) mass is 344 g/mol. The molecule has 0 aliphatic carbocycles. The lowest BCUT2D eigenvalue weighted by Crippen LogP contribution is -2.39. The number of likely N-dealkylation sites (tertiary alicyclic amines) is 1. The molecule has 4 heteroatoms. The Morgan fingerprint density at radius 2 is 1.65 bits per heavy atom. The molecule has 1 saturated heterocycles. The Hall–Kier alpha value is -3.19. The lowest BCUT2D eigenvalue weighted by molar-refractivity contribution is -0.127. The van der Waals surface area contributed by atoms with Crippen LogP contribution in [0.3, 0.4) is 0 Å². The van der Waals surface area contributed by atoms with Crippen LogP contribution in [0, 0.1) is 17.2 Å². The molecule has 2 aromatic rings. The number of piperidine rings is 1. The van der Waals surface area contributed by atoms with Crippen molar-refractivity contribution in [2.45, 2.75) is 12.8 Å². The topological polar surface area (TPSA) is 61.2 Å². The van der Waals surface area contributed by atoms with E-state index in [0.29, 0.717) is 31.5 Å². The van der Waals surface area contributed by atoms with Gasteiger partial charge in [0.15, 0.2) is 5.78 Å². The number of nitrogens with zero attached hydrogens (tertiary/aromatic N) is 2. The fourth-order valence-electron chi connectivity index (χ4n) is 3.21. The van der Waals surface area contributed by atoms with Crippen LogP contribution in [-0.2, 0) is 4.79 Å². The first-order chi connectivity index (χ1) is 12.7. The number of hydrogen-bond acceptors (Lipinski definition) is 3. The molecule has 0 atom stereocenters. The Labute approximate surface area is 153 Å². The molecule has 0 bridgehead atoms. The second-order valence-electron chi connectivity index (χ2n) is 6.36. The van der Waals surface area contributed by atoms with E-state index in [-0.39, 0.29) is 17.6 Å². The summed E-state index contributed by atoms with van der Waals surface area (Å²) in [6.07, 6.45) is 4.56. The Bertz CT molecular complexity index is 857. The largest absolute Gasteiger partial charge is 0.339 e. The third-order valence-electron chi connectivity index (χ3n) is 4.72. The molecule has 26 heavy (non-hydrogen) atoms. The third kappa shape index (κ3) is 4.07. The Balaban J connectivity index is 1.58. The lowest BCUT2D eigenvalue weighted by Gasteiger charge is -2.30. The van der Waals surface area contributed by atoms with Crippen molar-refractivity contribution in [3.63, 3.8) is 0 Å². The molecule has 1 aliphatic rings. The van der Waals surface area contributed by atoms with Gasteiger partial charge in [-0.15, -0.1) is 0 Å². The number of carbonyl (C=O) groups excluding carboxylic acids is 2. The Morgan fingerprint density at radius 3 is 2.35 bits per heavy atom. The SMILES string of the molecule is N#Cc1ccccc1/C=C/C(=O)N1CCC(C(=O)c2ccccc2)CC1. The zero-order valence-electron chi connectivity index (χ0n) is 14.5. The summed E-state index contributed by atoms with van der Waals surface area (Å²) in [6, 6.07) is 18.6. The molecule has 2 aromatic carbocycles. The minimum Gasteiger partial charge on any atom is -0.339 e. The second kappa shape index (κ2) is 8.26. The lowest BCUT2D eigenvalue weighted by atomic mass is 9.89. The van der Waals surface area contributed by atoms with E-state index in [1.165, 1.54) is 6.08 Å². The van der Waals surface area contributed by atoms with E-state index in [9.17, 15) is 9.59 Å². The number of ketones is 1. The van der Waals surface area contributed by atoms with Crippen molar-refractivity contribution in [3.05, 3.63) is 77.4 Å². The van der Waals surface area contributed by atoms with Crippen molar-refractivity contribution < 1.29 is 9.59 Å². The van der Waals surface area contributed by atoms with Gasteiger partial charge in [-0.25, -0.2) is 0 Å². The summed E-state index contributed by atoms with van der Waals surface area (Å²) in [5.41, 5.74) is 2.02. The van der Waals surface area contributed by atoms with Crippen molar-refractivity contribution >= 4 is 17.8 Å². The zero-order valence-corrected chi connectivity index (χ0v) is 14.5. The van der Waals surface area contributed by atoms with Gasteiger partial charge >= 0.3 is 0 Å². The standard InChI is InChI=1S/C22H20N2O2/c23-16-20-9-5-4-6-17(20)10-11-21(25)24-14-12-19(13-15-24)22(26)18-7-2-1-3-8-18/h1-11,19H,12-15H2/b11-10+. The van der Waals surface area contributed by atoms with E-state index in [1.54, 1.807) is 23.1 Å². The van der Waals surface area contributed by atoms with Gasteiger partial charge in [-0.2, -0.15) is 5.26 Å². The normalized spacial score (nSPS) is 15.0. The molecule has 0 N–H and O–H groups in total. The molecule has 4 nitrogen and oxygen atoms in total. The summed E-state index contributed by atoms with van der Waals surface area (Å²) in [6.45, 7) is 1.15. The highest BCUT2D eigenvalue weighted by Crippen LogP contribution is 2.22. The molecule has 3 rings (SSSR count). The minimum absolute atomic E-state index is 0.0234. The van der Waals surface area contributed by atoms with Crippen molar-refractivity contribution in [1.29, 1.82) is 5.26 Å².